The molecule has 2 aromatic heterocycles. The number of hydrogen-bond acceptors (Lipinski definition) is 4. The number of ketones is 1. The number of H-pyrrole nitrogens is 1. The van der Waals surface area contributed by atoms with E-state index in [0.717, 1.165) is 16.6 Å². The first-order chi connectivity index (χ1) is 18.4. The third-order valence-electron chi connectivity index (χ3n) is 7.96. The molecule has 0 aliphatic carbocycles. The number of para-hydroxylation sites is 1. The summed E-state index contributed by atoms with van der Waals surface area (Å²) in [5.41, 5.74) is 3.15. The Bertz CT molecular complexity index is 1390. The summed E-state index contributed by atoms with van der Waals surface area (Å²) in [7, 11) is 1.49. The number of alkyl halides is 4. The van der Waals surface area contributed by atoms with Crippen molar-refractivity contribution < 1.29 is 27.1 Å². The zero-order valence-electron chi connectivity index (χ0n) is 22.7. The molecule has 0 saturated carbocycles. The van der Waals surface area contributed by atoms with Crippen molar-refractivity contribution >= 4 is 16.7 Å². The predicted molar refractivity (Wildman–Crippen MR) is 143 cm³/mol. The van der Waals surface area contributed by atoms with E-state index >= 15 is 0 Å². The normalized spacial score (nSPS) is 16.2. The first-order valence-corrected chi connectivity index (χ1v) is 13.2. The van der Waals surface area contributed by atoms with Gasteiger partial charge in [0, 0.05) is 40.3 Å². The molecule has 4 rings (SSSR count). The van der Waals surface area contributed by atoms with Gasteiger partial charge in [0.25, 0.3) is 5.56 Å². The minimum absolute atomic E-state index is 0.0331. The van der Waals surface area contributed by atoms with Crippen molar-refractivity contribution in [2.75, 3.05) is 26.7 Å². The zero-order valence-corrected chi connectivity index (χ0v) is 22.7. The quantitative estimate of drug-likeness (QED) is 0.251. The van der Waals surface area contributed by atoms with Crippen LogP contribution in [0, 0.1) is 19.8 Å². The molecule has 1 aliphatic heterocycles. The molecule has 1 fully saturated rings. The van der Waals surface area contributed by atoms with E-state index < -0.39 is 18.9 Å². The molecule has 3 aromatic rings. The molecule has 1 atom stereocenters. The van der Waals surface area contributed by atoms with Crippen LogP contribution in [0.1, 0.15) is 59.5 Å². The number of aryl methyl sites for hydroxylation is 1. The van der Waals surface area contributed by atoms with Crippen LogP contribution < -0.4 is 10.3 Å². The number of carbonyl (C=O) groups is 1. The Kier molecular flexibility index (Phi) is 8.54. The minimum atomic E-state index is -4.02. The van der Waals surface area contributed by atoms with Crippen molar-refractivity contribution in [1.82, 2.24) is 14.5 Å². The molecule has 212 valence electrons. The van der Waals surface area contributed by atoms with Gasteiger partial charge in [0.1, 0.15) is 5.75 Å². The molecule has 6 nitrogen and oxygen atoms in total. The number of nitrogens with one attached hydrogen (secondary N) is 1. The molecule has 1 aliphatic rings. The van der Waals surface area contributed by atoms with E-state index in [2.05, 4.69) is 16.5 Å². The summed E-state index contributed by atoms with van der Waals surface area (Å²) >= 11 is 0. The van der Waals surface area contributed by atoms with Gasteiger partial charge in [-0.25, -0.2) is 8.78 Å². The van der Waals surface area contributed by atoms with Gasteiger partial charge in [-0.1, -0.05) is 18.2 Å². The number of benzene rings is 1. The van der Waals surface area contributed by atoms with E-state index in [1.165, 1.54) is 12.0 Å². The van der Waals surface area contributed by atoms with Gasteiger partial charge in [-0.2, -0.15) is 8.78 Å². The van der Waals surface area contributed by atoms with Crippen LogP contribution in [0.2, 0.25) is 0 Å². The van der Waals surface area contributed by atoms with Crippen molar-refractivity contribution in [2.45, 2.75) is 64.8 Å². The van der Waals surface area contributed by atoms with Crippen LogP contribution in [0.15, 0.2) is 35.1 Å². The summed E-state index contributed by atoms with van der Waals surface area (Å²) in [5, 5.41) is 0.825. The van der Waals surface area contributed by atoms with Crippen LogP contribution in [0.25, 0.3) is 10.9 Å². The first kappa shape index (κ1) is 28.9. The average Bonchev–Trinajstić information content (AvgIpc) is 3.18. The van der Waals surface area contributed by atoms with Gasteiger partial charge in [0.2, 0.25) is 0 Å². The number of methoxy groups -OCH3 is 1. The van der Waals surface area contributed by atoms with Gasteiger partial charge >= 0.3 is 12.3 Å². The largest absolute Gasteiger partial charge is 0.496 e. The van der Waals surface area contributed by atoms with E-state index in [1.807, 2.05) is 31.2 Å². The highest BCUT2D eigenvalue weighted by Crippen LogP contribution is 2.37. The van der Waals surface area contributed by atoms with Crippen LogP contribution in [0.5, 0.6) is 5.75 Å². The van der Waals surface area contributed by atoms with Crippen LogP contribution in [0.4, 0.5) is 17.6 Å². The number of likely N-dealkylation sites (tertiary alicyclic amines) is 1. The van der Waals surface area contributed by atoms with E-state index in [9.17, 15) is 27.2 Å². The average molecular weight is 550 g/mol. The third kappa shape index (κ3) is 5.90. The third-order valence-corrected chi connectivity index (χ3v) is 7.96. The summed E-state index contributed by atoms with van der Waals surface area (Å²) in [6.45, 7) is 5.41. The first-order valence-electron chi connectivity index (χ1n) is 13.2. The topological polar surface area (TPSA) is 67.3 Å². The Morgan fingerprint density at radius 3 is 2.49 bits per heavy atom. The fourth-order valence-electron chi connectivity index (χ4n) is 5.91. The SMILES string of the molecule is COc1cc(C)[nH]c(=O)c1CCC(=O)c1c(C)n([C@H](C)C2CCN(CC(F)(F)C(F)F)CC2)c2ccccc12. The zero-order chi connectivity index (χ0) is 28.5. The number of carbonyl (C=O) groups excluding carboxylic acids is 1. The van der Waals surface area contributed by atoms with E-state index in [-0.39, 0.29) is 36.1 Å². The van der Waals surface area contributed by atoms with Gasteiger partial charge < -0.3 is 14.3 Å². The Morgan fingerprint density at radius 1 is 1.18 bits per heavy atom. The monoisotopic (exact) mass is 549 g/mol. The van der Waals surface area contributed by atoms with E-state index in [4.69, 9.17) is 4.74 Å². The second kappa shape index (κ2) is 11.5. The van der Waals surface area contributed by atoms with Crippen LogP contribution in [0.3, 0.4) is 0 Å². The second-order valence-corrected chi connectivity index (χ2v) is 10.5. The number of nitrogens with zero attached hydrogens (tertiary/aromatic N) is 2. The molecule has 10 heteroatoms. The number of hydrogen-bond donors (Lipinski definition) is 1. The van der Waals surface area contributed by atoms with Crippen LogP contribution in [-0.4, -0.2) is 59.3 Å². The number of rotatable bonds is 10. The molecular weight excluding hydrogens is 514 g/mol. The predicted octanol–water partition coefficient (Wildman–Crippen LogP) is 5.94. The number of piperidine rings is 1. The lowest BCUT2D eigenvalue weighted by molar-refractivity contribution is -0.144. The molecule has 0 spiro atoms. The fraction of sp³-hybridized carbons (Fsp3) is 0.517. The number of ether oxygens (including phenoxy) is 1. The van der Waals surface area contributed by atoms with Crippen LogP contribution in [-0.2, 0) is 6.42 Å². The number of fused-ring (bicyclic) bond motifs is 1. The molecule has 1 aromatic carbocycles. The maximum atomic E-state index is 13.6. The summed E-state index contributed by atoms with van der Waals surface area (Å²) in [4.78, 5) is 30.3. The van der Waals surface area contributed by atoms with Crippen molar-refractivity contribution in [3.63, 3.8) is 0 Å². The highest BCUT2D eigenvalue weighted by molar-refractivity contribution is 6.09. The Balaban J connectivity index is 1.55. The van der Waals surface area contributed by atoms with Gasteiger partial charge in [0.15, 0.2) is 5.78 Å². The molecule has 0 unspecified atom stereocenters. The molecule has 39 heavy (non-hydrogen) atoms. The highest BCUT2D eigenvalue weighted by Gasteiger charge is 2.43. The Morgan fingerprint density at radius 2 is 1.85 bits per heavy atom. The molecule has 1 saturated heterocycles. The van der Waals surface area contributed by atoms with Gasteiger partial charge in [0.05, 0.1) is 19.2 Å². The van der Waals surface area contributed by atoms with Gasteiger partial charge in [-0.3, -0.25) is 14.5 Å². The van der Waals surface area contributed by atoms with Crippen LogP contribution >= 0.6 is 0 Å². The number of pyridine rings is 1. The molecule has 3 heterocycles. The van der Waals surface area contributed by atoms with E-state index in [0.29, 0.717) is 48.5 Å². The maximum absolute atomic E-state index is 13.6. The lowest BCUT2D eigenvalue weighted by Crippen LogP contribution is -2.45. The standard InChI is InChI=1S/C29H35F4N3O3/c1-17-15-25(39-4)22(27(38)34-17)9-10-24(37)26-19(3)36(23-8-6-5-7-21(23)26)18(2)20-11-13-35(14-12-20)16-29(32,33)28(30)31/h5-8,15,18,20,28H,9-14,16H2,1-4H3,(H,34,38)/t18-/m1/s1. The smallest absolute Gasteiger partial charge is 0.319 e. The molecular formula is C29H35F4N3O3. The number of halogens is 4. The number of Topliss-reactive ketones (excluding diaryl/α,β-unsaturated/α-hetero) is 1. The molecule has 0 amide bonds. The Hall–Kier alpha value is -3.14. The van der Waals surface area contributed by atoms with Crippen molar-refractivity contribution in [3.05, 3.63) is 63.2 Å². The molecule has 0 radical (unpaired) electrons. The highest BCUT2D eigenvalue weighted by atomic mass is 19.3. The second-order valence-electron chi connectivity index (χ2n) is 10.5. The summed E-state index contributed by atoms with van der Waals surface area (Å²) in [6.07, 6.45) is -2.14. The summed E-state index contributed by atoms with van der Waals surface area (Å²) < 4.78 is 59.9. The van der Waals surface area contributed by atoms with Crippen molar-refractivity contribution in [1.29, 1.82) is 0 Å². The van der Waals surface area contributed by atoms with Crippen molar-refractivity contribution in [3.8, 4) is 5.75 Å². The van der Waals surface area contributed by atoms with Gasteiger partial charge in [-0.05, 0) is 71.2 Å². The van der Waals surface area contributed by atoms with Crippen molar-refractivity contribution in [2.24, 2.45) is 5.92 Å². The Labute approximate surface area is 225 Å². The lowest BCUT2D eigenvalue weighted by atomic mass is 9.89. The van der Waals surface area contributed by atoms with Gasteiger partial charge in [-0.15, -0.1) is 0 Å². The fourth-order valence-corrected chi connectivity index (χ4v) is 5.91. The van der Waals surface area contributed by atoms with E-state index in [1.54, 1.807) is 13.0 Å². The number of aromatic amines is 1. The summed E-state index contributed by atoms with van der Waals surface area (Å²) in [6, 6.07) is 9.36. The number of aromatic nitrogens is 2. The molecule has 0 bridgehead atoms. The molecule has 1 N–H and O–H groups in total. The lowest BCUT2D eigenvalue weighted by Gasteiger charge is -2.37. The minimum Gasteiger partial charge on any atom is -0.496 e. The summed E-state index contributed by atoms with van der Waals surface area (Å²) in [5.74, 6) is -3.52. The maximum Gasteiger partial charge on any atom is 0.319 e.